The van der Waals surface area contributed by atoms with Gasteiger partial charge in [0.2, 0.25) is 11.6 Å². The highest BCUT2D eigenvalue weighted by Crippen LogP contribution is 2.12. The van der Waals surface area contributed by atoms with Crippen molar-refractivity contribution in [2.45, 2.75) is 6.92 Å². The molecule has 0 aliphatic heterocycles. The van der Waals surface area contributed by atoms with E-state index < -0.39 is 0 Å². The van der Waals surface area contributed by atoms with Gasteiger partial charge in [0.15, 0.2) is 0 Å². The molecule has 0 atom stereocenters. The van der Waals surface area contributed by atoms with Gasteiger partial charge in [0.25, 0.3) is 0 Å². The lowest BCUT2D eigenvalue weighted by Crippen LogP contribution is -1.75. The Morgan fingerprint density at radius 3 is 3.00 bits per heavy atom. The van der Waals surface area contributed by atoms with Gasteiger partial charge < -0.3 is 4.52 Å². The first-order chi connectivity index (χ1) is 5.36. The maximum atomic E-state index is 4.88. The number of aromatic nitrogens is 5. The first kappa shape index (κ1) is 6.02. The molecule has 2 aromatic rings. The summed E-state index contributed by atoms with van der Waals surface area (Å²) >= 11 is 0. The zero-order valence-corrected chi connectivity index (χ0v) is 5.77. The van der Waals surface area contributed by atoms with Crippen molar-refractivity contribution in [3.8, 4) is 11.6 Å². The molecule has 0 saturated carbocycles. The number of hydrogen-bond donors (Lipinski definition) is 1. The van der Waals surface area contributed by atoms with E-state index in [9.17, 15) is 0 Å². The van der Waals surface area contributed by atoms with Crippen molar-refractivity contribution in [2.24, 2.45) is 0 Å². The van der Waals surface area contributed by atoms with Crippen LogP contribution in [0.5, 0.6) is 0 Å². The molecule has 0 radical (unpaired) electrons. The van der Waals surface area contributed by atoms with E-state index in [0.29, 0.717) is 11.6 Å². The van der Waals surface area contributed by atoms with Crippen molar-refractivity contribution >= 4 is 0 Å². The molecule has 0 unspecified atom stereocenters. The van der Waals surface area contributed by atoms with Crippen LogP contribution in [0.2, 0.25) is 0 Å². The fourth-order valence-electron chi connectivity index (χ4n) is 0.739. The van der Waals surface area contributed by atoms with Gasteiger partial charge in [-0.25, -0.2) is 5.10 Å². The Balaban J connectivity index is 2.45. The van der Waals surface area contributed by atoms with Gasteiger partial charge in [-0.2, -0.15) is 0 Å². The van der Waals surface area contributed by atoms with Crippen LogP contribution in [0.15, 0.2) is 10.6 Å². The first-order valence-corrected chi connectivity index (χ1v) is 3.03. The Bertz CT molecular complexity index is 337. The van der Waals surface area contributed by atoms with Crippen LogP contribution < -0.4 is 0 Å². The molecule has 2 aromatic heterocycles. The number of nitrogens with zero attached hydrogens (tertiary/aromatic N) is 4. The number of rotatable bonds is 1. The van der Waals surface area contributed by atoms with Gasteiger partial charge in [-0.05, 0) is 17.4 Å². The van der Waals surface area contributed by atoms with Gasteiger partial charge in [0.05, 0.1) is 5.69 Å². The number of hydrogen-bond acceptors (Lipinski definition) is 5. The highest BCUT2D eigenvalue weighted by Gasteiger charge is 2.06. The van der Waals surface area contributed by atoms with Crippen molar-refractivity contribution in [1.82, 2.24) is 25.8 Å². The minimum absolute atomic E-state index is 0.491. The summed E-state index contributed by atoms with van der Waals surface area (Å²) in [5.41, 5.74) is 0.802. The predicted molar refractivity (Wildman–Crippen MR) is 34.4 cm³/mol. The quantitative estimate of drug-likeness (QED) is 0.628. The second-order valence-corrected chi connectivity index (χ2v) is 2.08. The summed E-state index contributed by atoms with van der Waals surface area (Å²) in [4.78, 5) is 0. The van der Waals surface area contributed by atoms with Gasteiger partial charge in [-0.1, -0.05) is 5.16 Å². The largest absolute Gasteiger partial charge is 0.353 e. The molecule has 0 aliphatic carbocycles. The maximum Gasteiger partial charge on any atom is 0.218 e. The molecule has 6 nitrogen and oxygen atoms in total. The molecule has 2 heterocycles. The minimum Gasteiger partial charge on any atom is -0.353 e. The van der Waals surface area contributed by atoms with Crippen LogP contribution in [0.25, 0.3) is 11.6 Å². The number of H-pyrrole nitrogens is 1. The molecule has 0 fully saturated rings. The minimum atomic E-state index is 0.491. The van der Waals surface area contributed by atoms with E-state index in [2.05, 4.69) is 25.8 Å². The van der Waals surface area contributed by atoms with E-state index in [1.807, 2.05) is 6.92 Å². The fraction of sp³-hybridized carbons (Fsp3) is 0.200. The molecule has 0 aliphatic rings. The lowest BCUT2D eigenvalue weighted by atomic mass is 10.4. The van der Waals surface area contributed by atoms with Crippen LogP contribution in [0.4, 0.5) is 0 Å². The Morgan fingerprint density at radius 2 is 2.45 bits per heavy atom. The summed E-state index contributed by atoms with van der Waals surface area (Å²) in [7, 11) is 0. The third-order valence-corrected chi connectivity index (χ3v) is 1.21. The van der Waals surface area contributed by atoms with Crippen molar-refractivity contribution in [3.63, 3.8) is 0 Å². The highest BCUT2D eigenvalue weighted by atomic mass is 16.5. The summed E-state index contributed by atoms with van der Waals surface area (Å²) in [6.45, 7) is 1.83. The van der Waals surface area contributed by atoms with Crippen LogP contribution >= 0.6 is 0 Å². The van der Waals surface area contributed by atoms with Crippen LogP contribution in [0, 0.1) is 6.92 Å². The third-order valence-electron chi connectivity index (χ3n) is 1.21. The van der Waals surface area contributed by atoms with E-state index in [4.69, 9.17) is 4.52 Å². The molecule has 2 rings (SSSR count). The van der Waals surface area contributed by atoms with Crippen molar-refractivity contribution < 1.29 is 4.52 Å². The van der Waals surface area contributed by atoms with Gasteiger partial charge in [0, 0.05) is 6.07 Å². The second kappa shape index (κ2) is 2.15. The summed E-state index contributed by atoms with van der Waals surface area (Å²) in [5.74, 6) is 1.04. The van der Waals surface area contributed by atoms with Gasteiger partial charge in [0.1, 0.15) is 0 Å². The monoisotopic (exact) mass is 151 g/mol. The van der Waals surface area contributed by atoms with Crippen LogP contribution in [-0.2, 0) is 0 Å². The Labute approximate surface area is 61.6 Å². The fourth-order valence-corrected chi connectivity index (χ4v) is 0.739. The lowest BCUT2D eigenvalue weighted by molar-refractivity contribution is 0.424. The molecule has 11 heavy (non-hydrogen) atoms. The van der Waals surface area contributed by atoms with Gasteiger partial charge >= 0.3 is 0 Å². The van der Waals surface area contributed by atoms with Crippen LogP contribution in [-0.4, -0.2) is 25.8 Å². The van der Waals surface area contributed by atoms with Crippen molar-refractivity contribution in [3.05, 3.63) is 11.8 Å². The molecular weight excluding hydrogens is 146 g/mol. The molecule has 56 valence electrons. The summed E-state index contributed by atoms with van der Waals surface area (Å²) in [6.07, 6.45) is 0. The molecule has 6 heteroatoms. The lowest BCUT2D eigenvalue weighted by Gasteiger charge is -1.79. The Morgan fingerprint density at radius 1 is 1.55 bits per heavy atom. The number of aromatic amines is 1. The molecule has 1 N–H and O–H groups in total. The van der Waals surface area contributed by atoms with E-state index >= 15 is 0 Å². The highest BCUT2D eigenvalue weighted by molar-refractivity contribution is 5.44. The second-order valence-electron chi connectivity index (χ2n) is 2.08. The maximum absolute atomic E-state index is 4.88. The SMILES string of the molecule is Cc1cc(-c2nnn[nH]2)on1. The summed E-state index contributed by atoms with van der Waals surface area (Å²) in [6, 6.07) is 1.75. The van der Waals surface area contributed by atoms with Gasteiger partial charge in [-0.15, -0.1) is 5.10 Å². The molecule has 0 spiro atoms. The molecule has 0 aromatic carbocycles. The summed E-state index contributed by atoms with van der Waals surface area (Å²) in [5, 5.41) is 16.7. The normalized spacial score (nSPS) is 10.3. The molecule has 0 saturated heterocycles. The van der Waals surface area contributed by atoms with E-state index in [1.54, 1.807) is 6.07 Å². The van der Waals surface area contributed by atoms with Crippen molar-refractivity contribution in [1.29, 1.82) is 0 Å². The Kier molecular flexibility index (Phi) is 1.18. The van der Waals surface area contributed by atoms with E-state index in [0.717, 1.165) is 5.69 Å². The zero-order valence-electron chi connectivity index (χ0n) is 5.77. The number of nitrogens with one attached hydrogen (secondary N) is 1. The van der Waals surface area contributed by atoms with E-state index in [-0.39, 0.29) is 0 Å². The van der Waals surface area contributed by atoms with Crippen molar-refractivity contribution in [2.75, 3.05) is 0 Å². The number of tetrazole rings is 1. The smallest absolute Gasteiger partial charge is 0.218 e. The van der Waals surface area contributed by atoms with Gasteiger partial charge in [-0.3, -0.25) is 0 Å². The standard InChI is InChI=1S/C5H5N5O/c1-3-2-4(11-8-3)5-6-9-10-7-5/h2H,1H3,(H,6,7,9,10). The average molecular weight is 151 g/mol. The topological polar surface area (TPSA) is 80.5 Å². The molecule has 0 bridgehead atoms. The third kappa shape index (κ3) is 0.977. The zero-order chi connectivity index (χ0) is 7.68. The molecule has 0 amide bonds. The number of aryl methyl sites for hydroxylation is 1. The molecular formula is C5H5N5O. The Hall–Kier alpha value is -1.72. The first-order valence-electron chi connectivity index (χ1n) is 3.03. The van der Waals surface area contributed by atoms with E-state index in [1.165, 1.54) is 0 Å². The predicted octanol–water partition coefficient (Wildman–Crippen LogP) is 0.163. The van der Waals surface area contributed by atoms with Crippen LogP contribution in [0.1, 0.15) is 5.69 Å². The average Bonchev–Trinajstić information content (AvgIpc) is 2.55. The summed E-state index contributed by atoms with van der Waals surface area (Å²) < 4.78 is 4.88. The van der Waals surface area contributed by atoms with Crippen LogP contribution in [0.3, 0.4) is 0 Å².